The number of rotatable bonds is 2. The second-order valence-electron chi connectivity index (χ2n) is 3.78. The third-order valence-corrected chi connectivity index (χ3v) is 4.61. The molecule has 0 radical (unpaired) electrons. The summed E-state index contributed by atoms with van der Waals surface area (Å²) < 4.78 is 25.8. The molecule has 2 rings (SSSR count). The molecule has 96 valence electrons. The van der Waals surface area contributed by atoms with E-state index in [1.807, 2.05) is 19.9 Å². The van der Waals surface area contributed by atoms with Crippen molar-refractivity contribution >= 4 is 10.0 Å². The molecule has 4 heteroatoms. The zero-order valence-corrected chi connectivity index (χ0v) is 11.4. The largest absolute Gasteiger partial charge is 0.243 e. The van der Waals surface area contributed by atoms with Crippen LogP contribution in [0.2, 0.25) is 0 Å². The molecular weight excluding hydrogens is 234 g/mol. The fourth-order valence-corrected chi connectivity index (χ4v) is 3.38. The Morgan fingerprint density at radius 1 is 0.941 bits per heavy atom. The summed E-state index contributed by atoms with van der Waals surface area (Å²) in [5.41, 5.74) is 0. The average Bonchev–Trinajstić information content (AvgIpc) is 2.43. The van der Waals surface area contributed by atoms with Gasteiger partial charge in [-0.05, 0) is 25.0 Å². The zero-order chi connectivity index (χ0) is 12.7. The van der Waals surface area contributed by atoms with Crippen LogP contribution in [-0.4, -0.2) is 25.8 Å². The van der Waals surface area contributed by atoms with E-state index in [-0.39, 0.29) is 0 Å². The molecular formula is C13H21NO2S. The van der Waals surface area contributed by atoms with Crippen LogP contribution >= 0.6 is 0 Å². The summed E-state index contributed by atoms with van der Waals surface area (Å²) >= 11 is 0. The van der Waals surface area contributed by atoms with Gasteiger partial charge in [0.25, 0.3) is 0 Å². The number of hydrogen-bond donors (Lipinski definition) is 0. The van der Waals surface area contributed by atoms with Gasteiger partial charge in [0.05, 0.1) is 4.90 Å². The molecule has 0 aliphatic carbocycles. The van der Waals surface area contributed by atoms with Crippen molar-refractivity contribution in [1.29, 1.82) is 0 Å². The minimum Gasteiger partial charge on any atom is -0.207 e. The van der Waals surface area contributed by atoms with Crippen molar-refractivity contribution in [3.8, 4) is 0 Å². The first-order valence-corrected chi connectivity index (χ1v) is 7.70. The van der Waals surface area contributed by atoms with E-state index >= 15 is 0 Å². The summed E-state index contributed by atoms with van der Waals surface area (Å²) in [5.74, 6) is 0. The molecule has 0 atom stereocenters. The molecule has 1 aromatic carbocycles. The van der Waals surface area contributed by atoms with E-state index in [4.69, 9.17) is 0 Å². The van der Waals surface area contributed by atoms with Gasteiger partial charge in [-0.1, -0.05) is 38.5 Å². The average molecular weight is 255 g/mol. The third-order valence-electron chi connectivity index (χ3n) is 2.70. The van der Waals surface area contributed by atoms with Gasteiger partial charge in [0.1, 0.15) is 0 Å². The predicted octanol–water partition coefficient (Wildman–Crippen LogP) is 2.89. The highest BCUT2D eigenvalue weighted by Gasteiger charge is 2.25. The van der Waals surface area contributed by atoms with Crippen molar-refractivity contribution in [2.75, 3.05) is 13.1 Å². The van der Waals surface area contributed by atoms with Gasteiger partial charge >= 0.3 is 0 Å². The molecule has 0 aromatic heterocycles. The SMILES string of the molecule is CC.O=S(=O)(c1ccccc1)N1CCCCC1. The Kier molecular flexibility index (Phi) is 5.65. The summed E-state index contributed by atoms with van der Waals surface area (Å²) in [6.07, 6.45) is 3.10. The van der Waals surface area contributed by atoms with Crippen LogP contribution in [0.25, 0.3) is 0 Å². The van der Waals surface area contributed by atoms with Gasteiger partial charge in [0.2, 0.25) is 10.0 Å². The lowest BCUT2D eigenvalue weighted by molar-refractivity contribution is 0.346. The smallest absolute Gasteiger partial charge is 0.207 e. The minimum absolute atomic E-state index is 0.409. The Balaban J connectivity index is 0.000000686. The maximum Gasteiger partial charge on any atom is 0.243 e. The van der Waals surface area contributed by atoms with Crippen LogP contribution in [0.1, 0.15) is 33.1 Å². The van der Waals surface area contributed by atoms with Gasteiger partial charge in [-0.15, -0.1) is 0 Å². The Bertz CT molecular complexity index is 408. The fraction of sp³-hybridized carbons (Fsp3) is 0.538. The van der Waals surface area contributed by atoms with E-state index in [2.05, 4.69) is 0 Å². The number of piperidine rings is 1. The van der Waals surface area contributed by atoms with E-state index in [1.165, 1.54) is 0 Å². The van der Waals surface area contributed by atoms with Crippen molar-refractivity contribution in [1.82, 2.24) is 4.31 Å². The van der Waals surface area contributed by atoms with Gasteiger partial charge in [0, 0.05) is 13.1 Å². The quantitative estimate of drug-likeness (QED) is 0.815. The molecule has 1 aliphatic heterocycles. The summed E-state index contributed by atoms with van der Waals surface area (Å²) in [5, 5.41) is 0. The van der Waals surface area contributed by atoms with Crippen molar-refractivity contribution in [2.45, 2.75) is 38.0 Å². The van der Waals surface area contributed by atoms with Gasteiger partial charge in [0.15, 0.2) is 0 Å². The highest BCUT2D eigenvalue weighted by Crippen LogP contribution is 2.19. The number of nitrogens with zero attached hydrogens (tertiary/aromatic N) is 1. The van der Waals surface area contributed by atoms with Crippen LogP contribution in [-0.2, 0) is 10.0 Å². The van der Waals surface area contributed by atoms with Crippen LogP contribution in [0.15, 0.2) is 35.2 Å². The molecule has 17 heavy (non-hydrogen) atoms. The summed E-state index contributed by atoms with van der Waals surface area (Å²) in [4.78, 5) is 0.409. The van der Waals surface area contributed by atoms with Crippen molar-refractivity contribution in [2.24, 2.45) is 0 Å². The zero-order valence-electron chi connectivity index (χ0n) is 10.6. The van der Waals surface area contributed by atoms with Crippen LogP contribution in [0.4, 0.5) is 0 Å². The van der Waals surface area contributed by atoms with E-state index in [9.17, 15) is 8.42 Å². The highest BCUT2D eigenvalue weighted by molar-refractivity contribution is 7.89. The molecule has 0 spiro atoms. The third kappa shape index (κ3) is 3.54. The van der Waals surface area contributed by atoms with Gasteiger partial charge in [-0.2, -0.15) is 4.31 Å². The molecule has 1 aliphatic rings. The maximum absolute atomic E-state index is 12.1. The lowest BCUT2D eigenvalue weighted by Crippen LogP contribution is -2.35. The molecule has 0 bridgehead atoms. The summed E-state index contributed by atoms with van der Waals surface area (Å²) in [6.45, 7) is 5.33. The molecule has 3 nitrogen and oxygen atoms in total. The van der Waals surface area contributed by atoms with Crippen molar-refractivity contribution < 1.29 is 8.42 Å². The monoisotopic (exact) mass is 255 g/mol. The van der Waals surface area contributed by atoms with E-state index < -0.39 is 10.0 Å². The molecule has 0 amide bonds. The van der Waals surface area contributed by atoms with Gasteiger partial charge in [-0.3, -0.25) is 0 Å². The second kappa shape index (κ2) is 6.77. The van der Waals surface area contributed by atoms with Gasteiger partial charge in [-0.25, -0.2) is 8.42 Å². The number of hydrogen-bond acceptors (Lipinski definition) is 2. The predicted molar refractivity (Wildman–Crippen MR) is 70.4 cm³/mol. The molecule has 0 saturated carbocycles. The van der Waals surface area contributed by atoms with Crippen molar-refractivity contribution in [3.05, 3.63) is 30.3 Å². The lowest BCUT2D eigenvalue weighted by atomic mass is 10.2. The second-order valence-corrected chi connectivity index (χ2v) is 5.72. The molecule has 0 N–H and O–H groups in total. The first-order chi connectivity index (χ1) is 8.21. The Morgan fingerprint density at radius 2 is 1.47 bits per heavy atom. The van der Waals surface area contributed by atoms with Gasteiger partial charge < -0.3 is 0 Å². The summed E-state index contributed by atoms with van der Waals surface area (Å²) in [6, 6.07) is 8.66. The number of sulfonamides is 1. The number of benzene rings is 1. The van der Waals surface area contributed by atoms with E-state index in [0.29, 0.717) is 18.0 Å². The van der Waals surface area contributed by atoms with Crippen LogP contribution < -0.4 is 0 Å². The molecule has 1 saturated heterocycles. The highest BCUT2D eigenvalue weighted by atomic mass is 32.2. The maximum atomic E-state index is 12.1. The summed E-state index contributed by atoms with van der Waals surface area (Å²) in [7, 11) is -3.23. The van der Waals surface area contributed by atoms with Crippen LogP contribution in [0.5, 0.6) is 0 Å². The first-order valence-electron chi connectivity index (χ1n) is 6.26. The molecule has 0 unspecified atom stereocenters. The van der Waals surface area contributed by atoms with Crippen LogP contribution in [0, 0.1) is 0 Å². The van der Waals surface area contributed by atoms with E-state index in [1.54, 1.807) is 28.6 Å². The van der Waals surface area contributed by atoms with E-state index in [0.717, 1.165) is 19.3 Å². The standard InChI is InChI=1S/C11H15NO2S.C2H6/c13-15(14,11-7-3-1-4-8-11)12-9-5-2-6-10-12;1-2/h1,3-4,7-8H,2,5-6,9-10H2;1-2H3. The molecule has 1 aromatic rings. The van der Waals surface area contributed by atoms with Crippen molar-refractivity contribution in [3.63, 3.8) is 0 Å². The molecule has 1 heterocycles. The van der Waals surface area contributed by atoms with Crippen LogP contribution in [0.3, 0.4) is 0 Å². The fourth-order valence-electron chi connectivity index (χ4n) is 1.85. The Hall–Kier alpha value is -0.870. The Labute approximate surface area is 105 Å². The minimum atomic E-state index is -3.23. The topological polar surface area (TPSA) is 37.4 Å². The normalized spacial score (nSPS) is 17.1. The molecule has 1 fully saturated rings. The first kappa shape index (κ1) is 14.2. The Morgan fingerprint density at radius 3 is 2.00 bits per heavy atom. The lowest BCUT2D eigenvalue weighted by Gasteiger charge is -2.25.